The largest absolute Gasteiger partial charge is 0.497 e. The van der Waals surface area contributed by atoms with Gasteiger partial charge in [0.1, 0.15) is 17.6 Å². The van der Waals surface area contributed by atoms with Gasteiger partial charge in [0.05, 0.1) is 23.3 Å². The fourth-order valence-corrected chi connectivity index (χ4v) is 2.74. The van der Waals surface area contributed by atoms with E-state index in [0.29, 0.717) is 5.75 Å². The minimum Gasteiger partial charge on any atom is -0.497 e. The Hall–Kier alpha value is -2.59. The van der Waals surface area contributed by atoms with Gasteiger partial charge in [-0.3, -0.25) is 4.72 Å². The maximum Gasteiger partial charge on any atom is 0.261 e. The zero-order chi connectivity index (χ0) is 15.5. The van der Waals surface area contributed by atoms with E-state index >= 15 is 0 Å². The summed E-state index contributed by atoms with van der Waals surface area (Å²) < 4.78 is 44.6. The Bertz CT molecular complexity index is 796. The van der Waals surface area contributed by atoms with E-state index in [2.05, 4.69) is 4.72 Å². The third-order valence-electron chi connectivity index (χ3n) is 2.72. The number of rotatable bonds is 4. The molecule has 0 amide bonds. The summed E-state index contributed by atoms with van der Waals surface area (Å²) in [6, 6.07) is 10.7. The van der Waals surface area contributed by atoms with Crippen LogP contribution in [0.15, 0.2) is 47.4 Å². The molecule has 0 aliphatic carbocycles. The molecular formula is C14H11FN2O3S. The lowest BCUT2D eigenvalue weighted by atomic mass is 10.2. The highest BCUT2D eigenvalue weighted by atomic mass is 32.2. The van der Waals surface area contributed by atoms with Gasteiger partial charge in [-0.05, 0) is 42.5 Å². The number of hydrogen-bond donors (Lipinski definition) is 1. The van der Waals surface area contributed by atoms with Crippen LogP contribution in [0.3, 0.4) is 0 Å². The third-order valence-corrected chi connectivity index (χ3v) is 4.10. The fourth-order valence-electron chi connectivity index (χ4n) is 1.66. The molecule has 0 saturated heterocycles. The number of nitrogens with zero attached hydrogens (tertiary/aromatic N) is 1. The molecule has 2 rings (SSSR count). The molecule has 0 spiro atoms. The van der Waals surface area contributed by atoms with Crippen LogP contribution in [0.4, 0.5) is 10.1 Å². The summed E-state index contributed by atoms with van der Waals surface area (Å²) in [6.07, 6.45) is 0. The van der Waals surface area contributed by atoms with Gasteiger partial charge >= 0.3 is 0 Å². The third kappa shape index (κ3) is 3.30. The Balaban J connectivity index is 2.35. The van der Waals surface area contributed by atoms with Crippen molar-refractivity contribution >= 4 is 15.7 Å². The predicted molar refractivity (Wildman–Crippen MR) is 74.9 cm³/mol. The number of benzene rings is 2. The van der Waals surface area contributed by atoms with Crippen LogP contribution in [-0.4, -0.2) is 15.5 Å². The molecule has 1 N–H and O–H groups in total. The van der Waals surface area contributed by atoms with Gasteiger partial charge < -0.3 is 4.74 Å². The standard InChI is InChI=1S/C14H11FN2O3S/c1-20-12-3-5-13(6-4-12)21(18,19)17-14-7-2-11(15)8-10(14)9-16/h2-8,17H,1H3. The maximum atomic E-state index is 13.0. The molecule has 5 nitrogen and oxygen atoms in total. The van der Waals surface area contributed by atoms with Gasteiger partial charge in [0, 0.05) is 0 Å². The number of sulfonamides is 1. The summed E-state index contributed by atoms with van der Waals surface area (Å²) >= 11 is 0. The van der Waals surface area contributed by atoms with Gasteiger partial charge in [0.25, 0.3) is 10.0 Å². The van der Waals surface area contributed by atoms with Crippen molar-refractivity contribution in [3.63, 3.8) is 0 Å². The molecule has 0 aromatic heterocycles. The summed E-state index contributed by atoms with van der Waals surface area (Å²) in [4.78, 5) is 0.0107. The van der Waals surface area contributed by atoms with Crippen molar-refractivity contribution in [2.24, 2.45) is 0 Å². The van der Waals surface area contributed by atoms with E-state index in [1.54, 1.807) is 6.07 Å². The first-order chi connectivity index (χ1) is 9.96. The number of nitrogens with one attached hydrogen (secondary N) is 1. The van der Waals surface area contributed by atoms with Gasteiger partial charge in [0.15, 0.2) is 0 Å². The monoisotopic (exact) mass is 306 g/mol. The lowest BCUT2D eigenvalue weighted by Crippen LogP contribution is -2.13. The summed E-state index contributed by atoms with van der Waals surface area (Å²) in [5, 5.41) is 8.91. The molecule has 7 heteroatoms. The zero-order valence-corrected chi connectivity index (χ0v) is 11.8. The van der Waals surface area contributed by atoms with Crippen LogP contribution in [0.2, 0.25) is 0 Å². The first-order valence-electron chi connectivity index (χ1n) is 5.83. The van der Waals surface area contributed by atoms with Crippen LogP contribution >= 0.6 is 0 Å². The highest BCUT2D eigenvalue weighted by Gasteiger charge is 2.16. The van der Waals surface area contributed by atoms with Crippen molar-refractivity contribution in [1.29, 1.82) is 5.26 Å². The lowest BCUT2D eigenvalue weighted by Gasteiger charge is -2.10. The number of nitriles is 1. The van der Waals surface area contributed by atoms with E-state index in [1.807, 2.05) is 0 Å². The van der Waals surface area contributed by atoms with E-state index in [-0.39, 0.29) is 16.1 Å². The Morgan fingerprint density at radius 3 is 2.43 bits per heavy atom. The molecule has 0 aliphatic rings. The topological polar surface area (TPSA) is 79.2 Å². The molecule has 0 fully saturated rings. The molecule has 21 heavy (non-hydrogen) atoms. The Labute approximate surface area is 121 Å². The van der Waals surface area contributed by atoms with E-state index in [0.717, 1.165) is 12.1 Å². The first kappa shape index (κ1) is 14.8. The second kappa shape index (κ2) is 5.81. The first-order valence-corrected chi connectivity index (χ1v) is 7.31. The summed E-state index contributed by atoms with van der Waals surface area (Å²) in [7, 11) is -2.39. The average molecular weight is 306 g/mol. The van der Waals surface area contributed by atoms with Gasteiger partial charge in [-0.2, -0.15) is 5.26 Å². The number of ether oxygens (including phenoxy) is 1. The zero-order valence-electron chi connectivity index (χ0n) is 11.0. The van der Waals surface area contributed by atoms with Crippen LogP contribution in [0, 0.1) is 17.1 Å². The summed E-state index contributed by atoms with van der Waals surface area (Å²) in [5.74, 6) is -0.0904. The highest BCUT2D eigenvalue weighted by molar-refractivity contribution is 7.92. The molecule has 2 aromatic carbocycles. The van der Waals surface area contributed by atoms with Crippen LogP contribution in [0.5, 0.6) is 5.75 Å². The van der Waals surface area contributed by atoms with Crippen molar-refractivity contribution in [3.8, 4) is 11.8 Å². The normalized spacial score (nSPS) is 10.7. The second-order valence-electron chi connectivity index (χ2n) is 4.08. The molecular weight excluding hydrogens is 295 g/mol. The minimum absolute atomic E-state index is 0.0107. The Morgan fingerprint density at radius 2 is 1.86 bits per heavy atom. The molecule has 0 heterocycles. The van der Waals surface area contributed by atoms with Crippen LogP contribution in [0.25, 0.3) is 0 Å². The van der Waals surface area contributed by atoms with Crippen molar-refractivity contribution < 1.29 is 17.5 Å². The van der Waals surface area contributed by atoms with Crippen molar-refractivity contribution in [2.75, 3.05) is 11.8 Å². The van der Waals surface area contributed by atoms with E-state index in [4.69, 9.17) is 10.00 Å². The lowest BCUT2D eigenvalue weighted by molar-refractivity contribution is 0.414. The van der Waals surface area contributed by atoms with Crippen molar-refractivity contribution in [1.82, 2.24) is 0 Å². The van der Waals surface area contributed by atoms with E-state index < -0.39 is 15.8 Å². The van der Waals surface area contributed by atoms with Crippen molar-refractivity contribution in [3.05, 3.63) is 53.8 Å². The average Bonchev–Trinajstić information content (AvgIpc) is 2.49. The number of hydrogen-bond acceptors (Lipinski definition) is 4. The van der Waals surface area contributed by atoms with Gasteiger partial charge in [-0.1, -0.05) is 0 Å². The second-order valence-corrected chi connectivity index (χ2v) is 5.77. The number of methoxy groups -OCH3 is 1. The number of halogens is 1. The van der Waals surface area contributed by atoms with Crippen LogP contribution in [0.1, 0.15) is 5.56 Å². The number of anilines is 1. The predicted octanol–water partition coefficient (Wildman–Crippen LogP) is 2.51. The minimum atomic E-state index is -3.86. The molecule has 0 aliphatic heterocycles. The van der Waals surface area contributed by atoms with Gasteiger partial charge in [-0.15, -0.1) is 0 Å². The Kier molecular flexibility index (Phi) is 4.10. The summed E-state index contributed by atoms with van der Waals surface area (Å²) in [6.45, 7) is 0. The Morgan fingerprint density at radius 1 is 1.19 bits per heavy atom. The van der Waals surface area contributed by atoms with E-state index in [9.17, 15) is 12.8 Å². The SMILES string of the molecule is COc1ccc(S(=O)(=O)Nc2ccc(F)cc2C#N)cc1. The fraction of sp³-hybridized carbons (Fsp3) is 0.0714. The van der Waals surface area contributed by atoms with Gasteiger partial charge in [0.2, 0.25) is 0 Å². The molecule has 0 unspecified atom stereocenters. The van der Waals surface area contributed by atoms with E-state index in [1.165, 1.54) is 37.4 Å². The molecule has 0 atom stereocenters. The van der Waals surface area contributed by atoms with Gasteiger partial charge in [-0.25, -0.2) is 12.8 Å². The van der Waals surface area contributed by atoms with Crippen LogP contribution in [-0.2, 0) is 10.0 Å². The molecule has 0 radical (unpaired) electrons. The molecule has 2 aromatic rings. The quantitative estimate of drug-likeness (QED) is 0.941. The van der Waals surface area contributed by atoms with Crippen molar-refractivity contribution in [2.45, 2.75) is 4.90 Å². The summed E-state index contributed by atoms with van der Waals surface area (Å²) in [5.41, 5.74) is -0.0678. The maximum absolute atomic E-state index is 13.0. The smallest absolute Gasteiger partial charge is 0.261 e. The molecule has 0 saturated carbocycles. The molecule has 108 valence electrons. The van der Waals surface area contributed by atoms with Crippen LogP contribution < -0.4 is 9.46 Å². The highest BCUT2D eigenvalue weighted by Crippen LogP contribution is 2.22. The molecule has 0 bridgehead atoms.